The molecule has 0 amide bonds. The fraction of sp³-hybridized carbons (Fsp3) is 0.208. The van der Waals surface area contributed by atoms with Gasteiger partial charge in [-0.3, -0.25) is 0 Å². The molecule has 0 aromatic heterocycles. The Labute approximate surface area is 182 Å². The first-order valence-electron chi connectivity index (χ1n) is 9.56. The normalized spacial score (nSPS) is 10.4. The van der Waals surface area contributed by atoms with E-state index in [1.165, 1.54) is 12.1 Å². The number of benzene rings is 3. The van der Waals surface area contributed by atoms with E-state index in [0.29, 0.717) is 24.0 Å². The zero-order valence-corrected chi connectivity index (χ0v) is 18.1. The summed E-state index contributed by atoms with van der Waals surface area (Å²) in [6.45, 7) is 3.03. The van der Waals surface area contributed by atoms with Crippen molar-refractivity contribution in [3.8, 4) is 11.5 Å². The first kappa shape index (κ1) is 21.6. The Kier molecular flexibility index (Phi) is 7.25. The number of thiocarbonyl (C=S) groups is 1. The molecule has 0 aliphatic carbocycles. The molecule has 156 valence electrons. The van der Waals surface area contributed by atoms with Crippen LogP contribution in [-0.2, 0) is 13.1 Å². The van der Waals surface area contributed by atoms with E-state index in [1.54, 1.807) is 20.3 Å². The summed E-state index contributed by atoms with van der Waals surface area (Å²) in [4.78, 5) is 1.99. The van der Waals surface area contributed by atoms with Crippen LogP contribution in [0.25, 0.3) is 0 Å². The number of nitrogens with one attached hydrogen (secondary N) is 1. The van der Waals surface area contributed by atoms with Gasteiger partial charge in [-0.25, -0.2) is 4.39 Å². The molecule has 0 heterocycles. The van der Waals surface area contributed by atoms with Crippen LogP contribution in [0.3, 0.4) is 0 Å². The molecule has 3 rings (SSSR count). The average molecular weight is 425 g/mol. The maximum Gasteiger partial charge on any atom is 0.174 e. The van der Waals surface area contributed by atoms with E-state index in [2.05, 4.69) is 5.32 Å². The molecule has 3 aromatic carbocycles. The molecule has 0 spiro atoms. The van der Waals surface area contributed by atoms with Gasteiger partial charge in [0.15, 0.2) is 5.11 Å². The van der Waals surface area contributed by atoms with Crippen molar-refractivity contribution in [1.82, 2.24) is 4.90 Å². The van der Waals surface area contributed by atoms with Crippen molar-refractivity contribution in [2.45, 2.75) is 20.0 Å². The maximum atomic E-state index is 13.7. The molecule has 0 atom stereocenters. The molecule has 0 fully saturated rings. The van der Waals surface area contributed by atoms with Crippen LogP contribution in [0.2, 0.25) is 0 Å². The fourth-order valence-electron chi connectivity index (χ4n) is 3.12. The Bertz CT molecular complexity index is 1010. The van der Waals surface area contributed by atoms with Crippen LogP contribution in [0, 0.1) is 12.7 Å². The lowest BCUT2D eigenvalue weighted by atomic mass is 10.1. The SMILES string of the molecule is COc1ccc(CN(Cc2cccc(F)c2)C(=S)Nc2cc(C)ccc2OC)cc1. The quantitative estimate of drug-likeness (QED) is 0.503. The molecular weight excluding hydrogens is 399 g/mol. The topological polar surface area (TPSA) is 33.7 Å². The monoisotopic (exact) mass is 424 g/mol. The standard InChI is InChI=1S/C24H25FN2O2S/c1-17-7-12-23(29-3)22(13-17)26-24(30)27(16-19-5-4-6-20(25)14-19)15-18-8-10-21(28-2)11-9-18/h4-14H,15-16H2,1-3H3,(H,26,30). The molecule has 3 aromatic rings. The minimum Gasteiger partial charge on any atom is -0.497 e. The van der Waals surface area contributed by atoms with Crippen molar-refractivity contribution < 1.29 is 13.9 Å². The highest BCUT2D eigenvalue weighted by Gasteiger charge is 2.14. The van der Waals surface area contributed by atoms with Crippen LogP contribution in [-0.4, -0.2) is 24.2 Å². The second-order valence-electron chi connectivity index (χ2n) is 6.97. The lowest BCUT2D eigenvalue weighted by molar-refractivity contribution is 0.405. The van der Waals surface area contributed by atoms with Gasteiger partial charge in [0.25, 0.3) is 0 Å². The van der Waals surface area contributed by atoms with Gasteiger partial charge in [-0.2, -0.15) is 0 Å². The van der Waals surface area contributed by atoms with Crippen LogP contribution >= 0.6 is 12.2 Å². The number of nitrogens with zero attached hydrogens (tertiary/aromatic N) is 1. The second-order valence-corrected chi connectivity index (χ2v) is 7.35. The van der Waals surface area contributed by atoms with Gasteiger partial charge in [-0.05, 0) is 72.2 Å². The lowest BCUT2D eigenvalue weighted by Crippen LogP contribution is -2.34. The van der Waals surface area contributed by atoms with Crippen molar-refractivity contribution in [2.75, 3.05) is 19.5 Å². The summed E-state index contributed by atoms with van der Waals surface area (Å²) in [5, 5.41) is 3.82. The highest BCUT2D eigenvalue weighted by molar-refractivity contribution is 7.80. The molecule has 30 heavy (non-hydrogen) atoms. The zero-order chi connectivity index (χ0) is 21.5. The predicted molar refractivity (Wildman–Crippen MR) is 123 cm³/mol. The molecule has 4 nitrogen and oxygen atoms in total. The Hall–Kier alpha value is -3.12. The van der Waals surface area contributed by atoms with Crippen LogP contribution in [0.15, 0.2) is 66.7 Å². The number of hydrogen-bond acceptors (Lipinski definition) is 3. The summed E-state index contributed by atoms with van der Waals surface area (Å²) in [5.74, 6) is 1.23. The number of methoxy groups -OCH3 is 2. The second kappa shape index (κ2) is 10.1. The average Bonchev–Trinajstić information content (AvgIpc) is 2.74. The van der Waals surface area contributed by atoms with E-state index in [9.17, 15) is 4.39 Å². The first-order chi connectivity index (χ1) is 14.5. The van der Waals surface area contributed by atoms with Gasteiger partial charge in [0.2, 0.25) is 0 Å². The van der Waals surface area contributed by atoms with Crippen LogP contribution in [0.1, 0.15) is 16.7 Å². The number of anilines is 1. The number of halogens is 1. The van der Waals surface area contributed by atoms with Crippen molar-refractivity contribution in [2.24, 2.45) is 0 Å². The highest BCUT2D eigenvalue weighted by atomic mass is 32.1. The maximum absolute atomic E-state index is 13.7. The summed E-state index contributed by atoms with van der Waals surface area (Å²) in [5.41, 5.74) is 3.78. The fourth-order valence-corrected chi connectivity index (χ4v) is 3.36. The van der Waals surface area contributed by atoms with Crippen LogP contribution < -0.4 is 14.8 Å². The van der Waals surface area contributed by atoms with E-state index in [4.69, 9.17) is 21.7 Å². The summed E-state index contributed by atoms with van der Waals surface area (Å²) in [7, 11) is 3.26. The number of hydrogen-bond donors (Lipinski definition) is 1. The minimum atomic E-state index is -0.267. The van der Waals surface area contributed by atoms with Gasteiger partial charge in [0, 0.05) is 13.1 Å². The van der Waals surface area contributed by atoms with Gasteiger partial charge in [0.05, 0.1) is 19.9 Å². The highest BCUT2D eigenvalue weighted by Crippen LogP contribution is 2.26. The van der Waals surface area contributed by atoms with Crippen molar-refractivity contribution in [3.63, 3.8) is 0 Å². The first-order valence-corrected chi connectivity index (χ1v) is 9.97. The summed E-state index contributed by atoms with van der Waals surface area (Å²) in [6, 6.07) is 20.2. The molecule has 0 radical (unpaired) electrons. The Balaban J connectivity index is 1.85. The van der Waals surface area contributed by atoms with Gasteiger partial charge in [-0.1, -0.05) is 30.3 Å². The molecule has 0 saturated carbocycles. The third-order valence-corrected chi connectivity index (χ3v) is 5.04. The number of aryl methyl sites for hydroxylation is 1. The lowest BCUT2D eigenvalue weighted by Gasteiger charge is -2.27. The van der Waals surface area contributed by atoms with E-state index in [-0.39, 0.29) is 5.82 Å². The smallest absolute Gasteiger partial charge is 0.174 e. The molecule has 6 heteroatoms. The summed E-state index contributed by atoms with van der Waals surface area (Å²) < 4.78 is 24.4. The molecule has 0 saturated heterocycles. The van der Waals surface area contributed by atoms with Gasteiger partial charge in [-0.15, -0.1) is 0 Å². The third kappa shape index (κ3) is 5.70. The molecule has 0 bridgehead atoms. The summed E-state index contributed by atoms with van der Waals surface area (Å²) >= 11 is 5.73. The molecule has 0 aliphatic rings. The molecule has 1 N–H and O–H groups in total. The van der Waals surface area contributed by atoms with Crippen molar-refractivity contribution in [1.29, 1.82) is 0 Å². The largest absolute Gasteiger partial charge is 0.497 e. The van der Waals surface area contributed by atoms with E-state index in [0.717, 1.165) is 28.1 Å². The number of rotatable bonds is 7. The Morgan fingerprint density at radius 3 is 2.33 bits per heavy atom. The Morgan fingerprint density at radius 1 is 0.933 bits per heavy atom. The van der Waals surface area contributed by atoms with Gasteiger partial charge in [0.1, 0.15) is 17.3 Å². The molecular formula is C24H25FN2O2S. The summed E-state index contributed by atoms with van der Waals surface area (Å²) in [6.07, 6.45) is 0. The van der Waals surface area contributed by atoms with Crippen molar-refractivity contribution in [3.05, 3.63) is 89.2 Å². The predicted octanol–water partition coefficient (Wildman–Crippen LogP) is 5.55. The van der Waals surface area contributed by atoms with E-state index < -0.39 is 0 Å². The number of ether oxygens (including phenoxy) is 2. The van der Waals surface area contributed by atoms with E-state index in [1.807, 2.05) is 60.4 Å². The van der Waals surface area contributed by atoms with Crippen LogP contribution in [0.4, 0.5) is 10.1 Å². The van der Waals surface area contributed by atoms with Gasteiger partial charge >= 0.3 is 0 Å². The molecule has 0 aliphatic heterocycles. The van der Waals surface area contributed by atoms with Crippen molar-refractivity contribution >= 4 is 23.0 Å². The third-order valence-electron chi connectivity index (χ3n) is 4.68. The minimum absolute atomic E-state index is 0.267. The Morgan fingerprint density at radius 2 is 1.67 bits per heavy atom. The van der Waals surface area contributed by atoms with Gasteiger partial charge < -0.3 is 19.7 Å². The molecule has 0 unspecified atom stereocenters. The van der Waals surface area contributed by atoms with Crippen LogP contribution in [0.5, 0.6) is 11.5 Å². The zero-order valence-electron chi connectivity index (χ0n) is 17.3. The van der Waals surface area contributed by atoms with E-state index >= 15 is 0 Å².